The smallest absolute Gasteiger partial charge is 0.0464 e. The second-order valence-electron chi connectivity index (χ2n) is 20.9. The molecule has 0 aromatic heterocycles. The van der Waals surface area contributed by atoms with Gasteiger partial charge in [0.15, 0.2) is 0 Å². The summed E-state index contributed by atoms with van der Waals surface area (Å²) in [4.78, 5) is 2.46. The van der Waals surface area contributed by atoms with Gasteiger partial charge in [-0.25, -0.2) is 0 Å². The van der Waals surface area contributed by atoms with E-state index in [1.54, 1.807) is 0 Å². The second kappa shape index (κ2) is 18.1. The highest BCUT2D eigenvalue weighted by atomic mass is 15.1. The Hall–Kier alpha value is -8.26. The van der Waals surface area contributed by atoms with E-state index in [2.05, 4.69) is 248 Å². The van der Waals surface area contributed by atoms with E-state index in [4.69, 9.17) is 0 Å². The van der Waals surface area contributed by atoms with Crippen LogP contribution in [-0.4, -0.2) is 0 Å². The lowest BCUT2D eigenvalue weighted by Crippen LogP contribution is -2.28. The van der Waals surface area contributed by atoms with Crippen LogP contribution in [0.25, 0.3) is 88.6 Å². The molecule has 0 heterocycles. The Balaban J connectivity index is 0.839. The Morgan fingerprint density at radius 3 is 1.85 bits per heavy atom. The predicted octanol–water partition coefficient (Wildman–Crippen LogP) is 20.0. The molecular formula is C72H57N. The zero-order valence-corrected chi connectivity index (χ0v) is 41.3. The molecule has 0 N–H and O–H groups in total. The first-order chi connectivity index (χ1) is 36.2. The van der Waals surface area contributed by atoms with Crippen LogP contribution in [0.5, 0.6) is 0 Å². The van der Waals surface area contributed by atoms with E-state index in [0.717, 1.165) is 19.3 Å². The molecule has 0 amide bonds. The molecule has 1 saturated carbocycles. The number of benzene rings is 10. The van der Waals surface area contributed by atoms with Gasteiger partial charge in [0.25, 0.3) is 0 Å². The third-order valence-electron chi connectivity index (χ3n) is 16.7. The molecule has 10 aromatic carbocycles. The average Bonchev–Trinajstić information content (AvgIpc) is 3.74. The minimum absolute atomic E-state index is 0.0280. The summed E-state index contributed by atoms with van der Waals surface area (Å²) in [5, 5.41) is 10.4. The number of nitrogens with zero attached hydrogens (tertiary/aromatic N) is 1. The van der Waals surface area contributed by atoms with E-state index >= 15 is 0 Å². The van der Waals surface area contributed by atoms with Gasteiger partial charge in [-0.05, 0) is 185 Å². The van der Waals surface area contributed by atoms with E-state index < -0.39 is 0 Å². The molecule has 1 nitrogen and oxygen atoms in total. The quantitative estimate of drug-likeness (QED) is 0.108. The lowest BCUT2D eigenvalue weighted by molar-refractivity contribution is 0.353. The summed E-state index contributed by atoms with van der Waals surface area (Å²) in [5.41, 5.74) is 18.6. The van der Waals surface area contributed by atoms with Gasteiger partial charge in [0.1, 0.15) is 0 Å². The van der Waals surface area contributed by atoms with Gasteiger partial charge >= 0.3 is 0 Å². The topological polar surface area (TPSA) is 3.24 Å². The zero-order valence-electron chi connectivity index (χ0n) is 41.3. The van der Waals surface area contributed by atoms with Crippen molar-refractivity contribution in [3.05, 3.63) is 264 Å². The molecule has 14 rings (SSSR count). The molecule has 1 fully saturated rings. The third kappa shape index (κ3) is 7.44. The fourth-order valence-corrected chi connectivity index (χ4v) is 13.3. The first-order valence-corrected chi connectivity index (χ1v) is 26.7. The van der Waals surface area contributed by atoms with Crippen molar-refractivity contribution in [3.8, 4) is 33.4 Å². The van der Waals surface area contributed by atoms with Gasteiger partial charge in [-0.15, -0.1) is 0 Å². The SMILES string of the molecule is C1=CCC(c2c(-c3ccc4cc(/C=C/c5ccc6c(c5)C5(CCCCC5)c5cc(N(C7=CCCC=C7)c7ccccc7)ccc5-6)ccc4c3)cc(-c3ccccc3)c3c4ccccc4c4ccccc4c23)C=C1. The van der Waals surface area contributed by atoms with Crippen molar-refractivity contribution >= 4 is 66.6 Å². The molecule has 4 aliphatic rings. The summed E-state index contributed by atoms with van der Waals surface area (Å²) in [6.07, 6.45) is 30.2. The van der Waals surface area contributed by atoms with Crippen molar-refractivity contribution in [2.45, 2.75) is 62.7 Å². The molecule has 0 saturated heterocycles. The van der Waals surface area contributed by atoms with Crippen LogP contribution in [-0.2, 0) is 5.41 Å². The largest absolute Gasteiger partial charge is 0.311 e. The molecule has 73 heavy (non-hydrogen) atoms. The molecule has 0 aliphatic heterocycles. The van der Waals surface area contributed by atoms with Crippen LogP contribution in [0, 0.1) is 0 Å². The molecule has 1 atom stereocenters. The number of anilines is 2. The first kappa shape index (κ1) is 43.5. The number of allylic oxidation sites excluding steroid dienone is 7. The molecule has 1 unspecified atom stereocenters. The molecule has 0 bridgehead atoms. The van der Waals surface area contributed by atoms with Gasteiger partial charge in [0, 0.05) is 28.4 Å². The molecule has 0 radical (unpaired) electrons. The highest BCUT2D eigenvalue weighted by molar-refractivity contribution is 6.30. The summed E-state index contributed by atoms with van der Waals surface area (Å²) < 4.78 is 0. The minimum atomic E-state index is 0.0280. The van der Waals surface area contributed by atoms with Crippen LogP contribution in [0.1, 0.15) is 85.1 Å². The number of para-hydroxylation sites is 1. The molecule has 350 valence electrons. The number of rotatable bonds is 8. The average molecular weight is 936 g/mol. The summed E-state index contributed by atoms with van der Waals surface area (Å²) in [6.45, 7) is 0. The van der Waals surface area contributed by atoms with Gasteiger partial charge in [-0.2, -0.15) is 0 Å². The van der Waals surface area contributed by atoms with E-state index in [1.807, 2.05) is 0 Å². The standard InChI is InChI=1S/C72H57N/c1-6-20-51(21-7-1)65-48-66(69(52-22-8-2-9-23-52)71-64-31-17-15-29-60(64)59-28-14-16-30-63(59)70(65)71)55-38-37-53-44-49(34-36-54(53)46-55)32-33-50-35-40-61-62-41-39-58(47-68(62)72(67(61)45-50)42-18-5-19-43-72)73(56-24-10-3-11-25-56)57-26-12-4-13-27-57/h1-3,6-12,14-17,20-22,24-41,44-48,52H,4-5,13,18-19,23,42-43H2/b33-32+. The highest BCUT2D eigenvalue weighted by Crippen LogP contribution is 2.57. The maximum absolute atomic E-state index is 2.55. The lowest BCUT2D eigenvalue weighted by Gasteiger charge is -2.37. The number of hydrogen-bond acceptors (Lipinski definition) is 1. The van der Waals surface area contributed by atoms with Gasteiger partial charge in [-0.3, -0.25) is 0 Å². The molecular weight excluding hydrogens is 879 g/mol. The monoisotopic (exact) mass is 935 g/mol. The van der Waals surface area contributed by atoms with Crippen LogP contribution < -0.4 is 4.90 Å². The maximum atomic E-state index is 2.55. The van der Waals surface area contributed by atoms with Crippen LogP contribution in [0.4, 0.5) is 11.4 Å². The van der Waals surface area contributed by atoms with Gasteiger partial charge in [0.2, 0.25) is 0 Å². The molecule has 10 aromatic rings. The van der Waals surface area contributed by atoms with Crippen molar-refractivity contribution in [2.75, 3.05) is 4.90 Å². The Kier molecular flexibility index (Phi) is 10.8. The summed E-state index contributed by atoms with van der Waals surface area (Å²) in [7, 11) is 0. The van der Waals surface area contributed by atoms with Crippen LogP contribution in [0.3, 0.4) is 0 Å². The normalized spacial score (nSPS) is 16.7. The van der Waals surface area contributed by atoms with Gasteiger partial charge < -0.3 is 4.90 Å². The van der Waals surface area contributed by atoms with Gasteiger partial charge in [0.05, 0.1) is 0 Å². The Morgan fingerprint density at radius 2 is 1.11 bits per heavy atom. The maximum Gasteiger partial charge on any atom is 0.0464 e. The Labute approximate surface area is 429 Å². The van der Waals surface area contributed by atoms with Crippen molar-refractivity contribution < 1.29 is 0 Å². The van der Waals surface area contributed by atoms with Crippen LogP contribution in [0.15, 0.2) is 236 Å². The summed E-state index contributed by atoms with van der Waals surface area (Å²) >= 11 is 0. The summed E-state index contributed by atoms with van der Waals surface area (Å²) in [5.74, 6) is 0.241. The van der Waals surface area contributed by atoms with Crippen molar-refractivity contribution in [1.29, 1.82) is 0 Å². The minimum Gasteiger partial charge on any atom is -0.311 e. The Bertz CT molecular complexity index is 3970. The number of hydrogen-bond donors (Lipinski definition) is 0. The highest BCUT2D eigenvalue weighted by Gasteiger charge is 2.44. The van der Waals surface area contributed by atoms with E-state index in [-0.39, 0.29) is 11.3 Å². The van der Waals surface area contributed by atoms with Crippen molar-refractivity contribution in [1.82, 2.24) is 0 Å². The fourth-order valence-electron chi connectivity index (χ4n) is 13.3. The second-order valence-corrected chi connectivity index (χ2v) is 20.9. The molecule has 4 aliphatic carbocycles. The van der Waals surface area contributed by atoms with E-state index in [9.17, 15) is 0 Å². The van der Waals surface area contributed by atoms with Crippen LogP contribution in [0.2, 0.25) is 0 Å². The number of fused-ring (bicyclic) bond motifs is 12. The Morgan fingerprint density at radius 1 is 0.452 bits per heavy atom. The van der Waals surface area contributed by atoms with Crippen LogP contribution >= 0.6 is 0 Å². The molecule has 1 spiro atoms. The van der Waals surface area contributed by atoms with Crippen molar-refractivity contribution in [3.63, 3.8) is 0 Å². The van der Waals surface area contributed by atoms with Gasteiger partial charge in [-0.1, -0.05) is 213 Å². The first-order valence-electron chi connectivity index (χ1n) is 26.7. The fraction of sp³-hybridized carbons (Fsp3) is 0.139. The van der Waals surface area contributed by atoms with Crippen molar-refractivity contribution in [2.24, 2.45) is 0 Å². The lowest BCUT2D eigenvalue weighted by atomic mass is 9.67. The van der Waals surface area contributed by atoms with E-state index in [0.29, 0.717) is 0 Å². The van der Waals surface area contributed by atoms with E-state index in [1.165, 1.54) is 153 Å². The summed E-state index contributed by atoms with van der Waals surface area (Å²) in [6, 6.07) is 71.3. The molecule has 1 heteroatoms. The third-order valence-corrected chi connectivity index (χ3v) is 16.7. The zero-order chi connectivity index (χ0) is 48.3. The predicted molar refractivity (Wildman–Crippen MR) is 313 cm³/mol.